The lowest BCUT2D eigenvalue weighted by atomic mass is 9.82. The first-order valence-electron chi connectivity index (χ1n) is 20.7. The van der Waals surface area contributed by atoms with E-state index < -0.39 is 46.8 Å². The first-order valence-corrected chi connectivity index (χ1v) is 20.7. The molecule has 9 N–H and O–H groups in total. The number of alkyl carbamates (subject to hydrolysis) is 3. The topological polar surface area (TPSA) is 262 Å². The molecule has 0 atom stereocenters. The van der Waals surface area contributed by atoms with Crippen molar-refractivity contribution in [2.45, 2.75) is 157 Å². The van der Waals surface area contributed by atoms with Gasteiger partial charge in [0.05, 0.1) is 0 Å². The number of aliphatic imine (C=N–C) groups is 2. The third-order valence-electron chi connectivity index (χ3n) is 8.60. The highest BCUT2D eigenvalue weighted by Crippen LogP contribution is 2.28. The lowest BCUT2D eigenvalue weighted by Crippen LogP contribution is -2.47. The number of nitrogens with two attached hydrogens (primary N) is 3. The molecular formula is C41H76N10O8. The van der Waals surface area contributed by atoms with Crippen LogP contribution in [0.3, 0.4) is 0 Å². The maximum Gasteiger partial charge on any atom is 0.437 e. The summed E-state index contributed by atoms with van der Waals surface area (Å²) in [6, 6.07) is 1.63. The van der Waals surface area contributed by atoms with Crippen molar-refractivity contribution in [2.75, 3.05) is 26.2 Å². The fourth-order valence-electron chi connectivity index (χ4n) is 5.78. The van der Waals surface area contributed by atoms with Crippen LogP contribution < -0.4 is 33.2 Å². The van der Waals surface area contributed by atoms with Crippen LogP contribution in [0, 0.1) is 23.7 Å². The summed E-state index contributed by atoms with van der Waals surface area (Å²) < 4.78 is 21.9. The fraction of sp³-hybridized carbons (Fsp3) is 0.780. The molecule has 0 aromatic carbocycles. The Labute approximate surface area is 351 Å². The van der Waals surface area contributed by atoms with Gasteiger partial charge in [-0.25, -0.2) is 23.9 Å². The Balaban J connectivity index is 0.000000485. The van der Waals surface area contributed by atoms with E-state index in [0.717, 1.165) is 57.2 Å². The van der Waals surface area contributed by atoms with E-state index in [1.165, 1.54) is 42.8 Å². The van der Waals surface area contributed by atoms with Crippen molar-refractivity contribution in [1.82, 2.24) is 25.7 Å². The number of rotatable bonds is 5. The number of aromatic nitrogens is 2. The standard InChI is InChI=1S/C19H36N4O4.C14H22N4O4.C8H18N2/c1-18(2,3)26-16(24)22-15(23-17(25)27-19(4,5)6)21-12-14-9-7-13(11-20)8-10-14;1-13(2,3)21-11(19)16-10(18-9-7-8-15-18)17-12(20)22-14(4,5)6;9-5-7-1-2-8(6-10)4-3-7/h13-14H,7-12,20H2,1-6H3,(H2,21,22,23,24,25);7-9H,1-6H3,(H,16,17,19,20);7-8H,1-6,9-10H2. The number of amides is 4. The van der Waals surface area contributed by atoms with Gasteiger partial charge in [0.15, 0.2) is 0 Å². The Morgan fingerprint density at radius 3 is 1.27 bits per heavy atom. The fourth-order valence-corrected chi connectivity index (χ4v) is 5.78. The number of hydrogen-bond acceptors (Lipinski definition) is 13. The molecule has 0 aliphatic heterocycles. The smallest absolute Gasteiger partial charge is 0.437 e. The molecular weight excluding hydrogens is 761 g/mol. The molecule has 2 aliphatic rings. The monoisotopic (exact) mass is 837 g/mol. The van der Waals surface area contributed by atoms with E-state index in [2.05, 4.69) is 31.0 Å². The zero-order valence-corrected chi connectivity index (χ0v) is 37.8. The lowest BCUT2D eigenvalue weighted by Gasteiger charge is -2.27. The minimum atomic E-state index is -0.839. The SMILES string of the molecule is CC(C)(C)OC(=O)N=C(NC(=O)OC(C)(C)C)n1cccn1.CC(C)(C)OC(=O)NC(=NCC1CCC(CN)CC1)NC(=O)OC(C)(C)C.NCC1CCC(CN)CC1. The number of carbonyl (C=O) groups is 4. The molecule has 1 aromatic rings. The molecule has 3 rings (SSSR count). The molecule has 0 bridgehead atoms. The van der Waals surface area contributed by atoms with Crippen LogP contribution in [0.5, 0.6) is 0 Å². The van der Waals surface area contributed by atoms with E-state index in [1.807, 2.05) is 0 Å². The van der Waals surface area contributed by atoms with Gasteiger partial charge < -0.3 is 36.1 Å². The maximum atomic E-state index is 12.0. The second kappa shape index (κ2) is 24.7. The number of carbonyl (C=O) groups excluding carboxylic acids is 4. The van der Waals surface area contributed by atoms with Crippen LogP contribution in [0.25, 0.3) is 0 Å². The van der Waals surface area contributed by atoms with E-state index in [-0.39, 0.29) is 11.9 Å². The molecule has 2 aliphatic carbocycles. The summed E-state index contributed by atoms with van der Waals surface area (Å²) in [5, 5.41) is 11.3. The van der Waals surface area contributed by atoms with Gasteiger partial charge in [0.2, 0.25) is 11.9 Å². The minimum absolute atomic E-state index is 0.0412. The molecule has 59 heavy (non-hydrogen) atoms. The van der Waals surface area contributed by atoms with Crippen LogP contribution in [0.4, 0.5) is 19.2 Å². The Kier molecular flexibility index (Phi) is 22.1. The molecule has 4 amide bonds. The summed E-state index contributed by atoms with van der Waals surface area (Å²) in [5.74, 6) is 2.52. The van der Waals surface area contributed by atoms with Crippen LogP contribution in [-0.2, 0) is 18.9 Å². The van der Waals surface area contributed by atoms with Crippen LogP contribution in [0.1, 0.15) is 134 Å². The normalized spacial score (nSPS) is 19.9. The molecule has 18 heteroatoms. The molecule has 0 unspecified atom stereocenters. The number of nitrogens with one attached hydrogen (secondary N) is 3. The van der Waals surface area contributed by atoms with Gasteiger partial charge in [-0.1, -0.05) is 0 Å². The third-order valence-corrected chi connectivity index (χ3v) is 8.60. The van der Waals surface area contributed by atoms with E-state index in [9.17, 15) is 19.2 Å². The summed E-state index contributed by atoms with van der Waals surface area (Å²) in [6.45, 7) is 23.9. The van der Waals surface area contributed by atoms with Gasteiger partial charge >= 0.3 is 24.4 Å². The summed E-state index contributed by atoms with van der Waals surface area (Å²) in [7, 11) is 0. The van der Waals surface area contributed by atoms with Gasteiger partial charge in [0, 0.05) is 18.9 Å². The quantitative estimate of drug-likeness (QED) is 0.107. The van der Waals surface area contributed by atoms with Gasteiger partial charge in [-0.2, -0.15) is 5.10 Å². The largest absolute Gasteiger partial charge is 0.444 e. The number of hydrogen-bond donors (Lipinski definition) is 6. The van der Waals surface area contributed by atoms with E-state index in [1.54, 1.807) is 89.2 Å². The molecule has 0 saturated heterocycles. The van der Waals surface area contributed by atoms with Crippen LogP contribution in [0.15, 0.2) is 28.4 Å². The van der Waals surface area contributed by atoms with Crippen LogP contribution in [-0.4, -0.2) is 94.7 Å². The maximum absolute atomic E-state index is 12.0. The van der Waals surface area contributed by atoms with Gasteiger partial charge in [0.1, 0.15) is 22.4 Å². The molecule has 1 aromatic heterocycles. The second-order valence-corrected chi connectivity index (χ2v) is 18.9. The first kappa shape index (κ1) is 52.7. The van der Waals surface area contributed by atoms with Crippen LogP contribution >= 0.6 is 0 Å². The van der Waals surface area contributed by atoms with Crippen molar-refractivity contribution >= 4 is 36.3 Å². The average Bonchev–Trinajstić information content (AvgIpc) is 3.63. The highest BCUT2D eigenvalue weighted by Gasteiger charge is 2.25. The molecule has 18 nitrogen and oxygen atoms in total. The highest BCUT2D eigenvalue weighted by molar-refractivity contribution is 6.01. The molecule has 2 fully saturated rings. The van der Waals surface area contributed by atoms with Crippen LogP contribution in [0.2, 0.25) is 0 Å². The predicted molar refractivity (Wildman–Crippen MR) is 230 cm³/mol. The van der Waals surface area contributed by atoms with E-state index in [4.69, 9.17) is 36.1 Å². The Hall–Kier alpha value is -4.29. The lowest BCUT2D eigenvalue weighted by molar-refractivity contribution is 0.0530. The zero-order valence-electron chi connectivity index (χ0n) is 37.8. The van der Waals surface area contributed by atoms with Crippen molar-refractivity contribution in [3.63, 3.8) is 0 Å². The Bertz CT molecular complexity index is 1430. The molecule has 0 radical (unpaired) electrons. The zero-order chi connectivity index (χ0) is 45.0. The third kappa shape index (κ3) is 26.4. The van der Waals surface area contributed by atoms with Gasteiger partial charge in [0.25, 0.3) is 0 Å². The summed E-state index contributed by atoms with van der Waals surface area (Å²) in [6.07, 6.45) is 9.55. The highest BCUT2D eigenvalue weighted by atomic mass is 16.6. The van der Waals surface area contributed by atoms with Crippen molar-refractivity contribution in [3.05, 3.63) is 18.5 Å². The predicted octanol–water partition coefficient (Wildman–Crippen LogP) is 6.41. The number of guanidine groups is 1. The minimum Gasteiger partial charge on any atom is -0.444 e. The van der Waals surface area contributed by atoms with E-state index in [0.29, 0.717) is 18.4 Å². The number of nitrogens with zero attached hydrogens (tertiary/aromatic N) is 4. The molecule has 1 heterocycles. The van der Waals surface area contributed by atoms with Gasteiger partial charge in [-0.3, -0.25) is 20.9 Å². The van der Waals surface area contributed by atoms with Crippen molar-refractivity contribution in [1.29, 1.82) is 0 Å². The Morgan fingerprint density at radius 2 is 0.949 bits per heavy atom. The average molecular weight is 837 g/mol. The number of ether oxygens (including phenoxy) is 4. The summed E-state index contributed by atoms with van der Waals surface area (Å²) in [5.41, 5.74) is 14.2. The molecule has 2 saturated carbocycles. The van der Waals surface area contributed by atoms with Gasteiger partial charge in [-0.05, 0) is 184 Å². The summed E-state index contributed by atoms with van der Waals surface area (Å²) >= 11 is 0. The van der Waals surface area contributed by atoms with Crippen molar-refractivity contribution in [3.8, 4) is 0 Å². The molecule has 338 valence electrons. The summed E-state index contributed by atoms with van der Waals surface area (Å²) in [4.78, 5) is 55.8. The molecule has 0 spiro atoms. The van der Waals surface area contributed by atoms with Crippen molar-refractivity contribution < 1.29 is 38.1 Å². The van der Waals surface area contributed by atoms with Crippen molar-refractivity contribution in [2.24, 2.45) is 50.9 Å². The Morgan fingerprint density at radius 1 is 0.593 bits per heavy atom. The first-order chi connectivity index (χ1) is 27.2. The van der Waals surface area contributed by atoms with E-state index >= 15 is 0 Å². The second-order valence-electron chi connectivity index (χ2n) is 18.9. The van der Waals surface area contributed by atoms with Gasteiger partial charge in [-0.15, -0.1) is 4.99 Å².